The molecule has 0 aromatic heterocycles. The molecule has 0 radical (unpaired) electrons. The Kier molecular flexibility index (Phi) is 2.23. The zero-order valence-corrected chi connectivity index (χ0v) is 9.05. The van der Waals surface area contributed by atoms with Crippen LogP contribution in [0.1, 0.15) is 24.0 Å². The van der Waals surface area contributed by atoms with Crippen LogP contribution >= 0.6 is 0 Å². The minimum Gasteiger partial charge on any atom is -0.359 e. The molecule has 76 valence electrons. The zero-order chi connectivity index (χ0) is 10.2. The average Bonchev–Trinajstić information content (AvgIpc) is 2.94. The highest BCUT2D eigenvalue weighted by atomic mass is 16.5. The summed E-state index contributed by atoms with van der Waals surface area (Å²) >= 11 is 0. The Labute approximate surface area is 85.3 Å². The van der Waals surface area contributed by atoms with Crippen LogP contribution in [0, 0.1) is 13.8 Å². The van der Waals surface area contributed by atoms with Gasteiger partial charge in [-0.1, -0.05) is 12.1 Å². The van der Waals surface area contributed by atoms with Gasteiger partial charge in [-0.05, 0) is 43.9 Å². The number of methoxy groups -OCH3 is 1. The van der Waals surface area contributed by atoms with Crippen molar-refractivity contribution in [3.05, 3.63) is 29.3 Å². The summed E-state index contributed by atoms with van der Waals surface area (Å²) in [6.07, 6.45) is 2.22. The largest absolute Gasteiger partial charge is 0.359 e. The number of aryl methyl sites for hydroxylation is 1. The van der Waals surface area contributed by atoms with E-state index in [1.54, 1.807) is 7.11 Å². The van der Waals surface area contributed by atoms with Crippen molar-refractivity contribution < 1.29 is 4.74 Å². The Morgan fingerprint density at radius 2 is 2.00 bits per heavy atom. The molecule has 1 fully saturated rings. The second-order valence-electron chi connectivity index (χ2n) is 4.07. The molecule has 1 aromatic carbocycles. The Balaban J connectivity index is 2.21. The van der Waals surface area contributed by atoms with Crippen LogP contribution in [0.5, 0.6) is 0 Å². The summed E-state index contributed by atoms with van der Waals surface area (Å²) in [4.78, 5) is 0. The van der Waals surface area contributed by atoms with Crippen LogP contribution in [-0.2, 0) is 4.74 Å². The molecule has 1 N–H and O–H groups in total. The molecule has 2 heteroatoms. The van der Waals surface area contributed by atoms with Crippen molar-refractivity contribution in [2.24, 2.45) is 0 Å². The molecule has 1 aliphatic carbocycles. The summed E-state index contributed by atoms with van der Waals surface area (Å²) in [5, 5.41) is 3.47. The van der Waals surface area contributed by atoms with Crippen molar-refractivity contribution in [2.45, 2.75) is 32.4 Å². The summed E-state index contributed by atoms with van der Waals surface area (Å²) in [5.74, 6) is 0. The summed E-state index contributed by atoms with van der Waals surface area (Å²) in [7, 11) is 1.77. The molecule has 0 atom stereocenters. The number of rotatable bonds is 3. The maximum absolute atomic E-state index is 5.44. The van der Waals surface area contributed by atoms with Crippen molar-refractivity contribution in [3.63, 3.8) is 0 Å². The Bertz CT molecular complexity index is 342. The molecule has 0 aliphatic heterocycles. The van der Waals surface area contributed by atoms with Crippen LogP contribution in [0.3, 0.4) is 0 Å². The van der Waals surface area contributed by atoms with Gasteiger partial charge in [0.25, 0.3) is 0 Å². The summed E-state index contributed by atoms with van der Waals surface area (Å²) in [5.41, 5.74) is 3.76. The highest BCUT2D eigenvalue weighted by molar-refractivity contribution is 5.55. The predicted octanol–water partition coefficient (Wildman–Crippen LogP) is 2.85. The van der Waals surface area contributed by atoms with Crippen molar-refractivity contribution in [3.8, 4) is 0 Å². The Morgan fingerprint density at radius 3 is 2.57 bits per heavy atom. The molecule has 2 nitrogen and oxygen atoms in total. The SMILES string of the molecule is COC1(Nc2cccc(C)c2C)CC1. The number of hydrogen-bond acceptors (Lipinski definition) is 2. The van der Waals surface area contributed by atoms with Crippen molar-refractivity contribution in [2.75, 3.05) is 12.4 Å². The predicted molar refractivity (Wildman–Crippen MR) is 58.5 cm³/mol. The third kappa shape index (κ3) is 1.62. The number of hydrogen-bond donors (Lipinski definition) is 1. The third-order valence-electron chi connectivity index (χ3n) is 3.06. The molecule has 1 aromatic rings. The van der Waals surface area contributed by atoms with Gasteiger partial charge in [-0.2, -0.15) is 0 Å². The van der Waals surface area contributed by atoms with Gasteiger partial charge in [0, 0.05) is 12.8 Å². The van der Waals surface area contributed by atoms with Crippen molar-refractivity contribution >= 4 is 5.69 Å². The van der Waals surface area contributed by atoms with Crippen molar-refractivity contribution in [1.82, 2.24) is 0 Å². The van der Waals surface area contributed by atoms with Gasteiger partial charge in [-0.3, -0.25) is 0 Å². The first-order valence-electron chi connectivity index (χ1n) is 5.06. The molecular weight excluding hydrogens is 174 g/mol. The first kappa shape index (κ1) is 9.53. The van der Waals surface area contributed by atoms with Gasteiger partial charge in [-0.15, -0.1) is 0 Å². The van der Waals surface area contributed by atoms with Gasteiger partial charge >= 0.3 is 0 Å². The minimum absolute atomic E-state index is 0.0709. The summed E-state index contributed by atoms with van der Waals surface area (Å²) < 4.78 is 5.44. The third-order valence-corrected chi connectivity index (χ3v) is 3.06. The quantitative estimate of drug-likeness (QED) is 0.742. The smallest absolute Gasteiger partial charge is 0.138 e. The lowest BCUT2D eigenvalue weighted by Crippen LogP contribution is -2.23. The first-order valence-corrected chi connectivity index (χ1v) is 5.06. The lowest BCUT2D eigenvalue weighted by Gasteiger charge is -2.19. The molecule has 1 aliphatic rings. The minimum atomic E-state index is -0.0709. The van der Waals surface area contributed by atoms with E-state index in [0.717, 1.165) is 12.8 Å². The van der Waals surface area contributed by atoms with Gasteiger partial charge in [0.05, 0.1) is 0 Å². The second-order valence-corrected chi connectivity index (χ2v) is 4.07. The highest BCUT2D eigenvalue weighted by Gasteiger charge is 2.43. The fourth-order valence-electron chi connectivity index (χ4n) is 1.63. The van der Waals surface area contributed by atoms with E-state index in [0.29, 0.717) is 0 Å². The van der Waals surface area contributed by atoms with E-state index in [1.807, 2.05) is 0 Å². The maximum atomic E-state index is 5.44. The monoisotopic (exact) mass is 191 g/mol. The van der Waals surface area contributed by atoms with E-state index in [9.17, 15) is 0 Å². The first-order chi connectivity index (χ1) is 6.67. The van der Waals surface area contributed by atoms with Gasteiger partial charge < -0.3 is 10.1 Å². The number of nitrogens with one attached hydrogen (secondary N) is 1. The van der Waals surface area contributed by atoms with Crippen molar-refractivity contribution in [1.29, 1.82) is 0 Å². The average molecular weight is 191 g/mol. The lowest BCUT2D eigenvalue weighted by molar-refractivity contribution is 0.104. The van der Waals surface area contributed by atoms with Crippen LogP contribution in [0.15, 0.2) is 18.2 Å². The van der Waals surface area contributed by atoms with Gasteiger partial charge in [0.1, 0.15) is 5.72 Å². The topological polar surface area (TPSA) is 21.3 Å². The van der Waals surface area contributed by atoms with Crippen LogP contribution in [-0.4, -0.2) is 12.8 Å². The number of anilines is 1. The fraction of sp³-hybridized carbons (Fsp3) is 0.500. The van der Waals surface area contributed by atoms with E-state index in [1.165, 1.54) is 16.8 Å². The molecule has 0 heterocycles. The Hall–Kier alpha value is -1.02. The number of ether oxygens (including phenoxy) is 1. The Morgan fingerprint density at radius 1 is 1.29 bits per heavy atom. The van der Waals surface area contributed by atoms with E-state index in [4.69, 9.17) is 4.74 Å². The highest BCUT2D eigenvalue weighted by Crippen LogP contribution is 2.40. The second kappa shape index (κ2) is 3.28. The van der Waals surface area contributed by atoms with E-state index >= 15 is 0 Å². The standard InChI is InChI=1S/C12H17NO/c1-9-5-4-6-11(10(9)2)13-12(14-3)7-8-12/h4-6,13H,7-8H2,1-3H3. The molecule has 14 heavy (non-hydrogen) atoms. The van der Waals surface area contributed by atoms with Gasteiger partial charge in [0.15, 0.2) is 0 Å². The van der Waals surface area contributed by atoms with Gasteiger partial charge in [-0.25, -0.2) is 0 Å². The number of benzene rings is 1. The molecular formula is C12H17NO. The molecule has 0 bridgehead atoms. The van der Waals surface area contributed by atoms with E-state index < -0.39 is 0 Å². The molecule has 2 rings (SSSR count). The molecule has 0 spiro atoms. The van der Waals surface area contributed by atoms with Crippen LogP contribution in [0.25, 0.3) is 0 Å². The normalized spacial score (nSPS) is 17.9. The van der Waals surface area contributed by atoms with Gasteiger partial charge in [0.2, 0.25) is 0 Å². The fourth-order valence-corrected chi connectivity index (χ4v) is 1.63. The molecule has 0 saturated heterocycles. The maximum Gasteiger partial charge on any atom is 0.138 e. The van der Waals surface area contributed by atoms with Crippen LogP contribution in [0.2, 0.25) is 0 Å². The van der Waals surface area contributed by atoms with Crippen LogP contribution in [0.4, 0.5) is 5.69 Å². The molecule has 0 amide bonds. The summed E-state index contributed by atoms with van der Waals surface area (Å²) in [6.45, 7) is 4.27. The van der Waals surface area contributed by atoms with E-state index in [2.05, 4.69) is 37.4 Å². The van der Waals surface area contributed by atoms with Crippen LogP contribution < -0.4 is 5.32 Å². The molecule has 0 unspecified atom stereocenters. The molecule has 1 saturated carbocycles. The van der Waals surface area contributed by atoms with E-state index in [-0.39, 0.29) is 5.72 Å². The summed E-state index contributed by atoms with van der Waals surface area (Å²) in [6, 6.07) is 6.32. The zero-order valence-electron chi connectivity index (χ0n) is 9.05. The lowest BCUT2D eigenvalue weighted by atomic mass is 10.1.